The van der Waals surface area contributed by atoms with Gasteiger partial charge >= 0.3 is 0 Å². The topological polar surface area (TPSA) is 77.2 Å². The van der Waals surface area contributed by atoms with Gasteiger partial charge in [-0.15, -0.1) is 0 Å². The number of rotatable bonds is 8. The smallest absolute Gasteiger partial charge is 0.0900 e. The van der Waals surface area contributed by atoms with Gasteiger partial charge in [-0.05, 0) is 36.9 Å². The number of aliphatic imine (C=N–C) groups is 1. The number of aromatic nitrogens is 4. The van der Waals surface area contributed by atoms with Crippen LogP contribution in [0.3, 0.4) is 0 Å². The molecule has 7 nitrogen and oxygen atoms in total. The van der Waals surface area contributed by atoms with Crippen LogP contribution in [0.2, 0.25) is 0 Å². The molecule has 0 atom stereocenters. The Labute approximate surface area is 192 Å². The Hall–Kier alpha value is -3.68. The fraction of sp³-hybridized carbons (Fsp3) is 0.231. The lowest BCUT2D eigenvalue weighted by molar-refractivity contribution is 0.185. The predicted molar refractivity (Wildman–Crippen MR) is 131 cm³/mol. The lowest BCUT2D eigenvalue weighted by Gasteiger charge is -2.10. The van der Waals surface area contributed by atoms with Crippen molar-refractivity contribution in [3.63, 3.8) is 0 Å². The summed E-state index contributed by atoms with van der Waals surface area (Å²) < 4.78 is 7.22. The van der Waals surface area contributed by atoms with Crippen molar-refractivity contribution in [2.24, 2.45) is 4.99 Å². The highest BCUT2D eigenvalue weighted by Crippen LogP contribution is 2.27. The molecule has 0 radical (unpaired) electrons. The van der Waals surface area contributed by atoms with E-state index in [-0.39, 0.29) is 0 Å². The number of fused-ring (bicyclic) bond motifs is 1. The number of nitrogens with one attached hydrogen (secondary N) is 1. The number of hydrogen-bond donors (Lipinski definition) is 1. The van der Waals surface area contributed by atoms with E-state index < -0.39 is 0 Å². The molecule has 1 aliphatic heterocycles. The molecule has 1 aliphatic rings. The van der Waals surface area contributed by atoms with Crippen LogP contribution < -0.4 is 5.32 Å². The maximum absolute atomic E-state index is 5.29. The van der Waals surface area contributed by atoms with Crippen molar-refractivity contribution in [2.75, 3.05) is 27.2 Å². The molecule has 4 heterocycles. The Kier molecular flexibility index (Phi) is 6.06. The number of pyridine rings is 2. The summed E-state index contributed by atoms with van der Waals surface area (Å²) in [5, 5.41) is 7.59. The molecular weight excluding hydrogens is 412 g/mol. The Balaban J connectivity index is 1.46. The molecule has 0 bridgehead atoms. The maximum atomic E-state index is 5.29. The van der Waals surface area contributed by atoms with Gasteiger partial charge in [-0.1, -0.05) is 24.3 Å². The molecule has 0 spiro atoms. The number of ether oxygens (including phenoxy) is 1. The van der Waals surface area contributed by atoms with Gasteiger partial charge in [-0.25, -0.2) is 4.98 Å². The number of likely N-dealkylation sites (N-methyl/N-ethyl adjacent to an activating group) is 1. The summed E-state index contributed by atoms with van der Waals surface area (Å²) in [4.78, 5) is 14.3. The van der Waals surface area contributed by atoms with Crippen LogP contribution in [0.25, 0.3) is 27.7 Å². The Bertz CT molecular complexity index is 1350. The molecule has 0 amide bonds. The first-order chi connectivity index (χ1) is 16.2. The Morgan fingerprint density at radius 3 is 2.85 bits per heavy atom. The van der Waals surface area contributed by atoms with Crippen LogP contribution in [-0.4, -0.2) is 52.7 Å². The summed E-state index contributed by atoms with van der Waals surface area (Å²) in [6.45, 7) is 2.93. The molecule has 0 aliphatic carbocycles. The van der Waals surface area contributed by atoms with Gasteiger partial charge in [0.1, 0.15) is 0 Å². The maximum Gasteiger partial charge on any atom is 0.0900 e. The predicted octanol–water partition coefficient (Wildman–Crippen LogP) is 3.75. The SMILES string of the molecule is CNCCn1cc(-c2cnc3ccc(C4=CCN=C4c4cccc(COC)c4)nc3c2)cn1. The van der Waals surface area contributed by atoms with Crippen molar-refractivity contribution in [1.82, 2.24) is 25.1 Å². The first-order valence-corrected chi connectivity index (χ1v) is 11.0. The summed E-state index contributed by atoms with van der Waals surface area (Å²) >= 11 is 0. The van der Waals surface area contributed by atoms with Gasteiger partial charge in [-0.3, -0.25) is 14.7 Å². The molecule has 3 aromatic heterocycles. The van der Waals surface area contributed by atoms with E-state index in [1.54, 1.807) is 7.11 Å². The van der Waals surface area contributed by atoms with Gasteiger partial charge in [-0.2, -0.15) is 5.10 Å². The van der Waals surface area contributed by atoms with Crippen molar-refractivity contribution < 1.29 is 4.74 Å². The largest absolute Gasteiger partial charge is 0.380 e. The molecule has 166 valence electrons. The van der Waals surface area contributed by atoms with E-state index in [4.69, 9.17) is 14.7 Å². The van der Waals surface area contributed by atoms with Crippen LogP contribution in [0.4, 0.5) is 0 Å². The molecule has 7 heteroatoms. The van der Waals surface area contributed by atoms with Gasteiger partial charge in [0.25, 0.3) is 0 Å². The van der Waals surface area contributed by atoms with Gasteiger partial charge in [0.15, 0.2) is 0 Å². The third-order valence-corrected chi connectivity index (χ3v) is 5.68. The first-order valence-electron chi connectivity index (χ1n) is 11.0. The zero-order valence-corrected chi connectivity index (χ0v) is 18.8. The van der Waals surface area contributed by atoms with Crippen LogP contribution >= 0.6 is 0 Å². The second-order valence-electron chi connectivity index (χ2n) is 7.99. The van der Waals surface area contributed by atoms with Gasteiger partial charge in [0.2, 0.25) is 0 Å². The summed E-state index contributed by atoms with van der Waals surface area (Å²) in [5.74, 6) is 0. The minimum Gasteiger partial charge on any atom is -0.380 e. The van der Waals surface area contributed by atoms with Crippen LogP contribution in [0.15, 0.2) is 72.1 Å². The van der Waals surface area contributed by atoms with Crippen molar-refractivity contribution in [3.05, 3.63) is 84.0 Å². The number of hydrogen-bond acceptors (Lipinski definition) is 6. The zero-order valence-electron chi connectivity index (χ0n) is 18.8. The van der Waals surface area contributed by atoms with Crippen molar-refractivity contribution in [3.8, 4) is 11.1 Å². The van der Waals surface area contributed by atoms with E-state index in [1.807, 2.05) is 48.5 Å². The van der Waals surface area contributed by atoms with Crippen LogP contribution in [-0.2, 0) is 17.9 Å². The highest BCUT2D eigenvalue weighted by molar-refractivity contribution is 6.32. The molecule has 0 unspecified atom stereocenters. The molecular formula is C26H26N6O. The first kappa shape index (κ1) is 21.2. The molecule has 0 saturated heterocycles. The van der Waals surface area contributed by atoms with Crippen LogP contribution in [0.5, 0.6) is 0 Å². The lowest BCUT2D eigenvalue weighted by Crippen LogP contribution is -2.14. The normalized spacial score (nSPS) is 13.4. The molecule has 33 heavy (non-hydrogen) atoms. The molecule has 4 aromatic rings. The van der Waals surface area contributed by atoms with Crippen LogP contribution in [0, 0.1) is 0 Å². The van der Waals surface area contributed by atoms with E-state index >= 15 is 0 Å². The number of methoxy groups -OCH3 is 1. The molecule has 0 saturated carbocycles. The quantitative estimate of drug-likeness (QED) is 0.453. The standard InChI is InChI=1S/C26H26N6O/c1-27-10-11-32-16-21(15-30-32)20-13-25-24(29-14-20)7-6-23(31-25)22-8-9-28-26(22)19-5-3-4-18(12-19)17-33-2/h3-8,12-16,27H,9-11,17H2,1-2H3. The monoisotopic (exact) mass is 438 g/mol. The summed E-state index contributed by atoms with van der Waals surface area (Å²) in [6.07, 6.45) is 7.93. The van der Waals surface area contributed by atoms with Gasteiger partial charge < -0.3 is 10.1 Å². The van der Waals surface area contributed by atoms with Crippen LogP contribution in [0.1, 0.15) is 16.8 Å². The molecule has 0 fully saturated rings. The third kappa shape index (κ3) is 4.46. The van der Waals surface area contributed by atoms with E-state index in [0.29, 0.717) is 13.2 Å². The zero-order chi connectivity index (χ0) is 22.6. The number of allylic oxidation sites excluding steroid dienone is 1. The van der Waals surface area contributed by atoms with Crippen molar-refractivity contribution in [1.29, 1.82) is 0 Å². The van der Waals surface area contributed by atoms with E-state index in [2.05, 4.69) is 45.7 Å². The Morgan fingerprint density at radius 2 is 1.97 bits per heavy atom. The van der Waals surface area contributed by atoms with Crippen molar-refractivity contribution in [2.45, 2.75) is 13.2 Å². The van der Waals surface area contributed by atoms with E-state index in [9.17, 15) is 0 Å². The van der Waals surface area contributed by atoms with E-state index in [0.717, 1.165) is 63.4 Å². The fourth-order valence-corrected chi connectivity index (χ4v) is 4.03. The molecule has 5 rings (SSSR count). The average molecular weight is 439 g/mol. The third-order valence-electron chi connectivity index (χ3n) is 5.68. The lowest BCUT2D eigenvalue weighted by atomic mass is 9.98. The van der Waals surface area contributed by atoms with Gasteiger partial charge in [0.05, 0.1) is 48.3 Å². The minimum atomic E-state index is 0.578. The second kappa shape index (κ2) is 9.44. The summed E-state index contributed by atoms with van der Waals surface area (Å²) in [5.41, 5.74) is 8.88. The van der Waals surface area contributed by atoms with Crippen molar-refractivity contribution >= 4 is 22.3 Å². The summed E-state index contributed by atoms with van der Waals surface area (Å²) in [7, 11) is 3.65. The molecule has 1 N–H and O–H groups in total. The Morgan fingerprint density at radius 1 is 1.03 bits per heavy atom. The number of benzene rings is 1. The number of nitrogens with zero attached hydrogens (tertiary/aromatic N) is 5. The second-order valence-corrected chi connectivity index (χ2v) is 7.99. The fourth-order valence-electron chi connectivity index (χ4n) is 4.03. The van der Waals surface area contributed by atoms with Gasteiger partial charge in [0, 0.05) is 48.3 Å². The minimum absolute atomic E-state index is 0.578. The average Bonchev–Trinajstić information content (AvgIpc) is 3.53. The summed E-state index contributed by atoms with van der Waals surface area (Å²) in [6, 6.07) is 14.5. The highest BCUT2D eigenvalue weighted by Gasteiger charge is 2.18. The molecule has 1 aromatic carbocycles. The van der Waals surface area contributed by atoms with E-state index in [1.165, 1.54) is 0 Å². The highest BCUT2D eigenvalue weighted by atomic mass is 16.5.